The second kappa shape index (κ2) is 10.4. The lowest BCUT2D eigenvalue weighted by Gasteiger charge is -2.31. The molecule has 0 amide bonds. The van der Waals surface area contributed by atoms with Gasteiger partial charge in [0.1, 0.15) is 12.4 Å². The number of halogens is 1. The highest BCUT2D eigenvalue weighted by Gasteiger charge is 2.40. The molecule has 0 fully saturated rings. The first-order valence-corrected chi connectivity index (χ1v) is 14.8. The van der Waals surface area contributed by atoms with E-state index in [1.165, 1.54) is 27.6 Å². The van der Waals surface area contributed by atoms with Crippen LogP contribution in [-0.4, -0.2) is 25.8 Å². The first kappa shape index (κ1) is 26.1. The standard InChI is InChI=1S/C32H29FN4O2S/c1-22-29-20-35-37(27-15-13-26(33)14-16-27)30(29)19-24-11-12-25(32(22)24)21-36(18-17-34)40(38,39)31-10-6-5-9-28(31)23-7-3-2-4-8-23/h2-10,13-16,19-20,22,25,35H,11-12,18,21H2,1H3/t22-,25+/m0/s1. The van der Waals surface area contributed by atoms with Crippen molar-refractivity contribution in [3.63, 3.8) is 0 Å². The Balaban J connectivity index is 1.31. The van der Waals surface area contributed by atoms with Crippen LogP contribution >= 0.6 is 0 Å². The molecule has 0 saturated carbocycles. The van der Waals surface area contributed by atoms with E-state index in [1.54, 1.807) is 24.3 Å². The van der Waals surface area contributed by atoms with Crippen LogP contribution in [0.15, 0.2) is 118 Å². The van der Waals surface area contributed by atoms with Crippen LogP contribution in [0.5, 0.6) is 0 Å². The summed E-state index contributed by atoms with van der Waals surface area (Å²) in [5.74, 6) is -0.215. The Bertz CT molecular complexity index is 1690. The van der Waals surface area contributed by atoms with Crippen molar-refractivity contribution in [3.05, 3.63) is 119 Å². The maximum absolute atomic E-state index is 14.0. The van der Waals surface area contributed by atoms with Crippen molar-refractivity contribution in [1.82, 2.24) is 9.73 Å². The molecule has 3 aromatic rings. The van der Waals surface area contributed by atoms with Gasteiger partial charge in [-0.05, 0) is 66.3 Å². The topological polar surface area (TPSA) is 76.4 Å². The Morgan fingerprint density at radius 3 is 2.52 bits per heavy atom. The Labute approximate surface area is 234 Å². The Morgan fingerprint density at radius 1 is 1.05 bits per heavy atom. The van der Waals surface area contributed by atoms with Gasteiger partial charge in [0, 0.05) is 29.8 Å². The molecule has 0 radical (unpaired) electrons. The summed E-state index contributed by atoms with van der Waals surface area (Å²) in [6.45, 7) is 2.17. The number of nitriles is 1. The number of sulfonamides is 1. The Kier molecular flexibility index (Phi) is 6.78. The molecule has 1 N–H and O–H groups in total. The number of benzene rings is 3. The summed E-state index contributed by atoms with van der Waals surface area (Å²) in [6.07, 6.45) is 5.78. The van der Waals surface area contributed by atoms with Gasteiger partial charge < -0.3 is 5.43 Å². The van der Waals surface area contributed by atoms with Crippen LogP contribution in [0.1, 0.15) is 19.8 Å². The van der Waals surface area contributed by atoms with Crippen LogP contribution in [0.25, 0.3) is 11.1 Å². The molecule has 0 unspecified atom stereocenters. The van der Waals surface area contributed by atoms with Gasteiger partial charge in [-0.15, -0.1) is 0 Å². The SMILES string of the molecule is C[C@H]1C2=CNN(c3ccc(F)cc3)C2=CC2=C1[C@@H](CN(CC#N)S(=O)(=O)c1ccccc1-c1ccccc1)CC2. The van der Waals surface area contributed by atoms with E-state index < -0.39 is 10.0 Å². The number of nitrogens with one attached hydrogen (secondary N) is 1. The first-order valence-electron chi connectivity index (χ1n) is 13.4. The maximum atomic E-state index is 14.0. The molecule has 1 aliphatic heterocycles. The van der Waals surface area contributed by atoms with Crippen LogP contribution in [0.3, 0.4) is 0 Å². The summed E-state index contributed by atoms with van der Waals surface area (Å²) in [6, 6.07) is 24.9. The van der Waals surface area contributed by atoms with Gasteiger partial charge in [-0.1, -0.05) is 61.0 Å². The minimum absolute atomic E-state index is 0.00409. The molecule has 40 heavy (non-hydrogen) atoms. The fourth-order valence-corrected chi connectivity index (χ4v) is 7.76. The smallest absolute Gasteiger partial charge is 0.244 e. The van der Waals surface area contributed by atoms with Gasteiger partial charge in [-0.3, -0.25) is 5.01 Å². The van der Waals surface area contributed by atoms with Crippen molar-refractivity contribution >= 4 is 15.7 Å². The van der Waals surface area contributed by atoms with Crippen molar-refractivity contribution in [1.29, 1.82) is 5.26 Å². The normalized spacial score (nSPS) is 20.0. The highest BCUT2D eigenvalue weighted by atomic mass is 32.2. The number of rotatable bonds is 7. The van der Waals surface area contributed by atoms with Crippen molar-refractivity contribution in [2.24, 2.45) is 11.8 Å². The van der Waals surface area contributed by atoms with Gasteiger partial charge in [-0.25, -0.2) is 12.8 Å². The number of hydrazine groups is 1. The lowest BCUT2D eigenvalue weighted by molar-refractivity contribution is 0.380. The van der Waals surface area contributed by atoms with E-state index in [0.717, 1.165) is 35.4 Å². The largest absolute Gasteiger partial charge is 0.301 e. The molecular formula is C32H29FN4O2S. The van der Waals surface area contributed by atoms with Gasteiger partial charge in [0.2, 0.25) is 10.0 Å². The summed E-state index contributed by atoms with van der Waals surface area (Å²) in [5.41, 5.74) is 10.2. The number of hydrogen-bond acceptors (Lipinski definition) is 5. The zero-order chi connectivity index (χ0) is 27.9. The van der Waals surface area contributed by atoms with E-state index in [9.17, 15) is 18.1 Å². The zero-order valence-corrected chi connectivity index (χ0v) is 22.9. The quantitative estimate of drug-likeness (QED) is 0.356. The molecule has 202 valence electrons. The summed E-state index contributed by atoms with van der Waals surface area (Å²) in [4.78, 5) is 0.208. The summed E-state index contributed by atoms with van der Waals surface area (Å²) < 4.78 is 42.9. The summed E-state index contributed by atoms with van der Waals surface area (Å²) in [5, 5.41) is 11.6. The van der Waals surface area contributed by atoms with E-state index in [2.05, 4.69) is 24.5 Å². The third-order valence-corrected chi connectivity index (χ3v) is 9.92. The molecule has 0 aromatic heterocycles. The van der Waals surface area contributed by atoms with Crippen LogP contribution in [0.4, 0.5) is 10.1 Å². The zero-order valence-electron chi connectivity index (χ0n) is 22.1. The highest BCUT2D eigenvalue weighted by Crippen LogP contribution is 2.48. The van der Waals surface area contributed by atoms with Crippen molar-refractivity contribution in [2.75, 3.05) is 18.1 Å². The predicted octanol–water partition coefficient (Wildman–Crippen LogP) is 6.16. The lowest BCUT2D eigenvalue weighted by atomic mass is 9.80. The van der Waals surface area contributed by atoms with Gasteiger partial charge in [-0.2, -0.15) is 9.57 Å². The van der Waals surface area contributed by atoms with Crippen molar-refractivity contribution in [2.45, 2.75) is 24.7 Å². The second-order valence-corrected chi connectivity index (χ2v) is 12.2. The summed E-state index contributed by atoms with van der Waals surface area (Å²) >= 11 is 0. The molecule has 2 atom stereocenters. The first-order chi connectivity index (χ1) is 19.4. The number of nitrogens with zero attached hydrogens (tertiary/aromatic N) is 3. The molecule has 8 heteroatoms. The van der Waals surface area contributed by atoms with E-state index in [4.69, 9.17) is 0 Å². The fraction of sp³-hybridized carbons (Fsp3) is 0.219. The third-order valence-electron chi connectivity index (χ3n) is 8.05. The Morgan fingerprint density at radius 2 is 1.77 bits per heavy atom. The van der Waals surface area contributed by atoms with E-state index in [0.29, 0.717) is 5.56 Å². The van der Waals surface area contributed by atoms with Gasteiger partial charge in [0.25, 0.3) is 0 Å². The second-order valence-electron chi connectivity index (χ2n) is 10.3. The average molecular weight is 553 g/mol. The molecule has 3 aromatic carbocycles. The van der Waals surface area contributed by atoms with E-state index >= 15 is 0 Å². The third kappa shape index (κ3) is 4.51. The Hall–Kier alpha value is -4.19. The molecule has 0 spiro atoms. The number of anilines is 1. The molecule has 0 bridgehead atoms. The van der Waals surface area contributed by atoms with E-state index in [1.807, 2.05) is 53.7 Å². The van der Waals surface area contributed by atoms with Gasteiger partial charge in [0.05, 0.1) is 22.3 Å². The van der Waals surface area contributed by atoms with Gasteiger partial charge in [0.15, 0.2) is 0 Å². The molecule has 0 saturated heterocycles. The maximum Gasteiger partial charge on any atom is 0.244 e. The molecule has 2 aliphatic carbocycles. The van der Waals surface area contributed by atoms with Crippen molar-refractivity contribution in [3.8, 4) is 17.2 Å². The number of hydrogen-bond donors (Lipinski definition) is 1. The van der Waals surface area contributed by atoms with E-state index in [-0.39, 0.29) is 35.6 Å². The highest BCUT2D eigenvalue weighted by molar-refractivity contribution is 7.89. The molecular weight excluding hydrogens is 523 g/mol. The van der Waals surface area contributed by atoms with Crippen LogP contribution in [-0.2, 0) is 10.0 Å². The molecule has 1 heterocycles. The van der Waals surface area contributed by atoms with Crippen LogP contribution in [0.2, 0.25) is 0 Å². The minimum atomic E-state index is -3.94. The number of fused-ring (bicyclic) bond motifs is 1. The molecule has 3 aliphatic rings. The average Bonchev–Trinajstić information content (AvgIpc) is 3.59. The van der Waals surface area contributed by atoms with Crippen LogP contribution in [0, 0.1) is 29.0 Å². The fourth-order valence-electron chi connectivity index (χ4n) is 6.17. The van der Waals surface area contributed by atoms with Crippen LogP contribution < -0.4 is 10.4 Å². The van der Waals surface area contributed by atoms with Gasteiger partial charge >= 0.3 is 0 Å². The number of allylic oxidation sites excluding steroid dienone is 3. The predicted molar refractivity (Wildman–Crippen MR) is 153 cm³/mol. The monoisotopic (exact) mass is 552 g/mol. The minimum Gasteiger partial charge on any atom is -0.301 e. The lowest BCUT2D eigenvalue weighted by Crippen LogP contribution is -2.37. The molecule has 6 nitrogen and oxygen atoms in total. The molecule has 6 rings (SSSR count). The van der Waals surface area contributed by atoms with Crippen molar-refractivity contribution < 1.29 is 12.8 Å². The summed E-state index contributed by atoms with van der Waals surface area (Å²) in [7, 11) is -3.94.